The lowest BCUT2D eigenvalue weighted by molar-refractivity contribution is -0.117. The number of hydrogen-bond acceptors (Lipinski definition) is 6. The third-order valence-corrected chi connectivity index (χ3v) is 4.65. The van der Waals surface area contributed by atoms with Gasteiger partial charge in [0.25, 0.3) is 5.91 Å². The monoisotopic (exact) mass is 406 g/mol. The van der Waals surface area contributed by atoms with Crippen molar-refractivity contribution in [3.8, 4) is 0 Å². The zero-order valence-electron chi connectivity index (χ0n) is 15.7. The van der Waals surface area contributed by atoms with Crippen molar-refractivity contribution >= 4 is 29.2 Å². The first-order valence-electron chi connectivity index (χ1n) is 9.09. The quantitative estimate of drug-likeness (QED) is 0.757. The van der Waals surface area contributed by atoms with E-state index in [0.717, 1.165) is 13.1 Å². The van der Waals surface area contributed by atoms with Gasteiger partial charge in [-0.1, -0.05) is 16.8 Å². The summed E-state index contributed by atoms with van der Waals surface area (Å²) in [7, 11) is 0. The van der Waals surface area contributed by atoms with Crippen LogP contribution in [0.25, 0.3) is 0 Å². The van der Waals surface area contributed by atoms with Crippen molar-refractivity contribution in [3.05, 3.63) is 46.7 Å². The largest absolute Gasteiger partial charge is 0.379 e. The molecule has 1 aliphatic rings. The Labute approximate surface area is 168 Å². The van der Waals surface area contributed by atoms with E-state index in [2.05, 4.69) is 15.4 Å². The number of nitrogens with zero attached hydrogens (tertiary/aromatic N) is 3. The van der Waals surface area contributed by atoms with Gasteiger partial charge in [-0.3, -0.25) is 14.5 Å². The number of morpholine rings is 1. The normalized spacial score (nSPS) is 14.6. The SMILES string of the molecule is Cc1cc(NC(=O)CN(CCN2CCOCC2)C(=O)c2ccc(Cl)cc2)no1. The fraction of sp³-hybridized carbons (Fsp3) is 0.421. The Balaban J connectivity index is 1.66. The number of halogens is 1. The molecule has 3 rings (SSSR count). The molecule has 2 aromatic rings. The van der Waals surface area contributed by atoms with Crippen LogP contribution in [0.5, 0.6) is 0 Å². The van der Waals surface area contributed by atoms with Crippen molar-refractivity contribution in [3.63, 3.8) is 0 Å². The van der Waals surface area contributed by atoms with Crippen molar-refractivity contribution in [2.24, 2.45) is 0 Å². The lowest BCUT2D eigenvalue weighted by atomic mass is 10.2. The number of rotatable bonds is 7. The molecule has 1 fully saturated rings. The second-order valence-corrected chi connectivity index (χ2v) is 7.00. The Morgan fingerprint density at radius 3 is 2.61 bits per heavy atom. The van der Waals surface area contributed by atoms with Gasteiger partial charge in [0.05, 0.1) is 13.2 Å². The Kier molecular flexibility index (Phi) is 7.02. The Morgan fingerprint density at radius 2 is 1.96 bits per heavy atom. The van der Waals surface area contributed by atoms with E-state index in [1.54, 1.807) is 37.3 Å². The van der Waals surface area contributed by atoms with Crippen LogP contribution in [0.4, 0.5) is 5.82 Å². The number of anilines is 1. The molecule has 1 saturated heterocycles. The number of benzene rings is 1. The molecule has 1 N–H and O–H groups in total. The molecule has 0 saturated carbocycles. The first-order valence-corrected chi connectivity index (χ1v) is 9.47. The summed E-state index contributed by atoms with van der Waals surface area (Å²) < 4.78 is 10.3. The van der Waals surface area contributed by atoms with Gasteiger partial charge in [-0.2, -0.15) is 0 Å². The van der Waals surface area contributed by atoms with Crippen LogP contribution in [0.2, 0.25) is 5.02 Å². The number of hydrogen-bond donors (Lipinski definition) is 1. The fourth-order valence-electron chi connectivity index (χ4n) is 2.90. The zero-order valence-corrected chi connectivity index (χ0v) is 16.4. The zero-order chi connectivity index (χ0) is 19.9. The molecule has 9 heteroatoms. The van der Waals surface area contributed by atoms with E-state index in [1.807, 2.05) is 0 Å². The van der Waals surface area contributed by atoms with Crippen LogP contribution in [-0.4, -0.2) is 72.7 Å². The maximum atomic E-state index is 12.9. The van der Waals surface area contributed by atoms with Crippen molar-refractivity contribution in [2.45, 2.75) is 6.92 Å². The standard InChI is InChI=1S/C19H23ClN4O4/c1-14-12-17(22-28-14)21-18(25)13-24(7-6-23-8-10-27-11-9-23)19(26)15-2-4-16(20)5-3-15/h2-5,12H,6-11,13H2,1H3,(H,21,22,25). The fourth-order valence-corrected chi connectivity index (χ4v) is 3.02. The molecule has 1 aromatic carbocycles. The van der Waals surface area contributed by atoms with Gasteiger partial charge in [-0.05, 0) is 31.2 Å². The molecule has 28 heavy (non-hydrogen) atoms. The molecule has 0 bridgehead atoms. The summed E-state index contributed by atoms with van der Waals surface area (Å²) in [5.41, 5.74) is 0.483. The van der Waals surface area contributed by atoms with Crippen LogP contribution < -0.4 is 5.32 Å². The van der Waals surface area contributed by atoms with Crippen LogP contribution in [0.1, 0.15) is 16.1 Å². The molecule has 0 spiro atoms. The van der Waals surface area contributed by atoms with Gasteiger partial charge in [0.2, 0.25) is 5.91 Å². The van der Waals surface area contributed by atoms with E-state index >= 15 is 0 Å². The van der Waals surface area contributed by atoms with Crippen LogP contribution in [-0.2, 0) is 9.53 Å². The van der Waals surface area contributed by atoms with Gasteiger partial charge in [0.1, 0.15) is 12.3 Å². The van der Waals surface area contributed by atoms with Crippen molar-refractivity contribution < 1.29 is 18.8 Å². The van der Waals surface area contributed by atoms with E-state index in [4.69, 9.17) is 20.9 Å². The van der Waals surface area contributed by atoms with Gasteiger partial charge >= 0.3 is 0 Å². The summed E-state index contributed by atoms with van der Waals surface area (Å²) in [5.74, 6) is 0.361. The Hall–Kier alpha value is -2.42. The maximum absolute atomic E-state index is 12.9. The lowest BCUT2D eigenvalue weighted by Crippen LogP contribution is -2.45. The summed E-state index contributed by atoms with van der Waals surface area (Å²) in [6, 6.07) is 8.26. The molecule has 1 aliphatic heterocycles. The number of amides is 2. The molecular weight excluding hydrogens is 384 g/mol. The van der Waals surface area contributed by atoms with Gasteiger partial charge < -0.3 is 19.5 Å². The predicted octanol–water partition coefficient (Wildman–Crippen LogP) is 2.05. The Bertz CT molecular complexity index is 803. The lowest BCUT2D eigenvalue weighted by Gasteiger charge is -2.30. The molecule has 150 valence electrons. The highest BCUT2D eigenvalue weighted by Crippen LogP contribution is 2.13. The minimum atomic E-state index is -0.336. The van der Waals surface area contributed by atoms with Crippen molar-refractivity contribution in [2.75, 3.05) is 51.3 Å². The first kappa shape index (κ1) is 20.3. The number of ether oxygens (including phenoxy) is 1. The molecule has 0 unspecified atom stereocenters. The molecule has 8 nitrogen and oxygen atoms in total. The smallest absolute Gasteiger partial charge is 0.254 e. The summed E-state index contributed by atoms with van der Waals surface area (Å²) in [6.45, 7) is 5.72. The number of nitrogens with one attached hydrogen (secondary N) is 1. The van der Waals surface area contributed by atoms with Crippen LogP contribution >= 0.6 is 11.6 Å². The number of carbonyl (C=O) groups is 2. The van der Waals surface area contributed by atoms with Crippen LogP contribution in [0.3, 0.4) is 0 Å². The molecule has 0 atom stereocenters. The molecule has 0 radical (unpaired) electrons. The highest BCUT2D eigenvalue weighted by molar-refractivity contribution is 6.30. The predicted molar refractivity (Wildman–Crippen MR) is 104 cm³/mol. The van der Waals surface area contributed by atoms with Crippen LogP contribution in [0.15, 0.2) is 34.9 Å². The highest BCUT2D eigenvalue weighted by atomic mass is 35.5. The molecule has 2 amide bonds. The van der Waals surface area contributed by atoms with Crippen molar-refractivity contribution in [1.82, 2.24) is 15.0 Å². The second-order valence-electron chi connectivity index (χ2n) is 6.56. The molecule has 2 heterocycles. The first-order chi connectivity index (χ1) is 13.5. The third kappa shape index (κ3) is 5.79. The molecule has 0 aliphatic carbocycles. The minimum absolute atomic E-state index is 0.0856. The van der Waals surface area contributed by atoms with E-state index in [-0.39, 0.29) is 18.4 Å². The van der Waals surface area contributed by atoms with Crippen molar-refractivity contribution in [1.29, 1.82) is 0 Å². The topological polar surface area (TPSA) is 87.9 Å². The van der Waals surface area contributed by atoms with Gasteiger partial charge in [0, 0.05) is 42.8 Å². The van der Waals surface area contributed by atoms with E-state index in [0.29, 0.717) is 48.5 Å². The summed E-state index contributed by atoms with van der Waals surface area (Å²) in [4.78, 5) is 29.1. The Morgan fingerprint density at radius 1 is 1.25 bits per heavy atom. The van der Waals surface area contributed by atoms with Gasteiger partial charge in [0.15, 0.2) is 5.82 Å². The maximum Gasteiger partial charge on any atom is 0.254 e. The van der Waals surface area contributed by atoms with Gasteiger partial charge in [-0.15, -0.1) is 0 Å². The van der Waals surface area contributed by atoms with Gasteiger partial charge in [-0.25, -0.2) is 0 Å². The van der Waals surface area contributed by atoms with Crippen LogP contribution in [0, 0.1) is 6.92 Å². The van der Waals surface area contributed by atoms with E-state index < -0.39 is 0 Å². The summed E-state index contributed by atoms with van der Waals surface area (Å²) >= 11 is 5.91. The molecule has 1 aromatic heterocycles. The van der Waals surface area contributed by atoms with E-state index in [1.165, 1.54) is 4.90 Å². The number of aromatic nitrogens is 1. The highest BCUT2D eigenvalue weighted by Gasteiger charge is 2.21. The summed E-state index contributed by atoms with van der Waals surface area (Å²) in [6.07, 6.45) is 0. The second kappa shape index (κ2) is 9.68. The van der Waals surface area contributed by atoms with E-state index in [9.17, 15) is 9.59 Å². The average Bonchev–Trinajstić information content (AvgIpc) is 3.10. The molecular formula is C19H23ClN4O4. The average molecular weight is 407 g/mol. The number of aryl methyl sites for hydroxylation is 1. The minimum Gasteiger partial charge on any atom is -0.379 e. The summed E-state index contributed by atoms with van der Waals surface area (Å²) in [5, 5.41) is 6.95. The third-order valence-electron chi connectivity index (χ3n) is 4.40. The number of carbonyl (C=O) groups excluding carboxylic acids is 2.